The Morgan fingerprint density at radius 1 is 1.39 bits per heavy atom. The van der Waals surface area contributed by atoms with Gasteiger partial charge in [-0.05, 0) is 31.9 Å². The molecule has 0 saturated heterocycles. The fraction of sp³-hybridized carbons (Fsp3) is 0.435. The van der Waals surface area contributed by atoms with E-state index in [1.165, 1.54) is 31.3 Å². The Morgan fingerprint density at radius 2 is 2.18 bits per heavy atom. The molecule has 2 aliphatic rings. The number of ether oxygens (including phenoxy) is 2. The van der Waals surface area contributed by atoms with E-state index in [4.69, 9.17) is 26.6 Å². The summed E-state index contributed by atoms with van der Waals surface area (Å²) in [6.07, 6.45) is 9.06. The first-order valence-corrected chi connectivity index (χ1v) is 11.2. The van der Waals surface area contributed by atoms with Crippen LogP contribution >= 0.6 is 11.8 Å². The number of carbonyl (C=O) groups is 1. The van der Waals surface area contributed by atoms with Crippen molar-refractivity contribution in [2.24, 2.45) is 16.6 Å². The summed E-state index contributed by atoms with van der Waals surface area (Å²) in [5.41, 5.74) is 6.81. The molecule has 0 radical (unpaired) electrons. The van der Waals surface area contributed by atoms with Gasteiger partial charge < -0.3 is 15.2 Å². The molecule has 2 N–H and O–H groups in total. The second-order valence-corrected chi connectivity index (χ2v) is 9.64. The molecule has 33 heavy (non-hydrogen) atoms. The summed E-state index contributed by atoms with van der Waals surface area (Å²) in [6, 6.07) is 1.83. The van der Waals surface area contributed by atoms with Gasteiger partial charge in [0.25, 0.3) is 0 Å². The van der Waals surface area contributed by atoms with E-state index in [1.54, 1.807) is 13.1 Å². The van der Waals surface area contributed by atoms with E-state index in [-0.39, 0.29) is 36.3 Å². The summed E-state index contributed by atoms with van der Waals surface area (Å²) < 4.78 is 24.6. The second kappa shape index (κ2) is 8.63. The van der Waals surface area contributed by atoms with Gasteiger partial charge >= 0.3 is 0 Å². The van der Waals surface area contributed by atoms with Crippen LogP contribution in [-0.4, -0.2) is 50.5 Å². The number of halogens is 1. The van der Waals surface area contributed by atoms with Gasteiger partial charge in [-0.15, -0.1) is 6.42 Å². The van der Waals surface area contributed by atoms with E-state index in [0.717, 1.165) is 0 Å². The third kappa shape index (κ3) is 4.13. The van der Waals surface area contributed by atoms with Crippen molar-refractivity contribution in [3.05, 3.63) is 41.5 Å². The first-order chi connectivity index (χ1) is 15.7. The van der Waals surface area contributed by atoms with E-state index in [9.17, 15) is 9.18 Å². The molecule has 4 atom stereocenters. The van der Waals surface area contributed by atoms with Crippen LogP contribution < -0.4 is 15.2 Å². The van der Waals surface area contributed by atoms with Crippen LogP contribution in [-0.2, 0) is 12.0 Å². The number of alkyl halides is 1. The highest BCUT2D eigenvalue weighted by molar-refractivity contribution is 8.15. The monoisotopic (exact) mass is 469 g/mol. The number of thioether (sulfide) groups is 1. The average Bonchev–Trinajstić information content (AvgIpc) is 3.55. The lowest BCUT2D eigenvalue weighted by atomic mass is 9.85. The Labute approximate surface area is 195 Å². The van der Waals surface area contributed by atoms with Crippen LogP contribution in [0.25, 0.3) is 0 Å². The summed E-state index contributed by atoms with van der Waals surface area (Å²) >= 11 is 1.30. The highest BCUT2D eigenvalue weighted by Crippen LogP contribution is 2.68. The van der Waals surface area contributed by atoms with Crippen molar-refractivity contribution < 1.29 is 18.7 Å². The number of aliphatic imine (C=N–C) groups is 1. The van der Waals surface area contributed by atoms with Crippen LogP contribution in [0, 0.1) is 18.3 Å². The van der Waals surface area contributed by atoms with Gasteiger partial charge in [-0.2, -0.15) is 0 Å². The second-order valence-electron chi connectivity index (χ2n) is 8.26. The van der Waals surface area contributed by atoms with Gasteiger partial charge in [-0.3, -0.25) is 9.79 Å². The molecular formula is C23H24FN5O3S. The van der Waals surface area contributed by atoms with Gasteiger partial charge in [0.2, 0.25) is 11.8 Å². The zero-order chi connectivity index (χ0) is 23.8. The molecule has 0 aromatic carbocycles. The van der Waals surface area contributed by atoms with E-state index in [2.05, 4.69) is 20.9 Å². The molecule has 4 rings (SSSR count). The average molecular weight is 470 g/mol. The first-order valence-electron chi connectivity index (χ1n) is 10.4. The lowest BCUT2D eigenvalue weighted by molar-refractivity contribution is 0.0987. The maximum Gasteiger partial charge on any atom is 0.233 e. The molecule has 172 valence electrons. The number of nitrogens with two attached hydrogens (primary N) is 1. The number of amidine groups is 1. The van der Waals surface area contributed by atoms with Gasteiger partial charge in [0, 0.05) is 24.1 Å². The molecule has 0 bridgehead atoms. The van der Waals surface area contributed by atoms with Crippen LogP contribution in [0.15, 0.2) is 29.6 Å². The standard InChI is InChI=1S/C23H24FN5O3S/c1-5-6-32-19-12-26-16(11-27-19)17(30)8-14-7-15(20(31-4)28-10-14)22(3)18-9-23(18,13(2)24)33-21(25)29-22/h1,7,10-13,18H,6,8-9H2,2-4H3,(H2,25,29)/t13?,18-,22+,23+/m0/s1. The Hall–Kier alpha value is -3.19. The number of hydrogen-bond acceptors (Lipinski definition) is 9. The van der Waals surface area contributed by atoms with Gasteiger partial charge in [0.15, 0.2) is 17.6 Å². The fourth-order valence-electron chi connectivity index (χ4n) is 4.38. The van der Waals surface area contributed by atoms with E-state index in [1.807, 2.05) is 13.0 Å². The van der Waals surface area contributed by atoms with Gasteiger partial charge in [0.1, 0.15) is 11.9 Å². The highest BCUT2D eigenvalue weighted by atomic mass is 32.2. The minimum absolute atomic E-state index is 0.0442. The first kappa shape index (κ1) is 23.0. The number of aromatic nitrogens is 3. The number of methoxy groups -OCH3 is 1. The van der Waals surface area contributed by atoms with Gasteiger partial charge in [-0.25, -0.2) is 19.3 Å². The molecule has 1 aliphatic carbocycles. The topological polar surface area (TPSA) is 113 Å². The molecule has 8 nitrogen and oxygen atoms in total. The van der Waals surface area contributed by atoms with Crippen LogP contribution in [0.3, 0.4) is 0 Å². The Balaban J connectivity index is 1.61. The lowest BCUT2D eigenvalue weighted by Gasteiger charge is -2.35. The molecule has 1 fully saturated rings. The zero-order valence-electron chi connectivity index (χ0n) is 18.5. The molecule has 3 heterocycles. The molecule has 0 amide bonds. The number of nitrogens with zero attached hydrogens (tertiary/aromatic N) is 4. The SMILES string of the molecule is C#CCOc1cnc(C(=O)Cc2cnc(OC)c([C@@]3(C)N=C(N)S[C@@]4(C(C)F)C[C@@H]34)c2)cn1. The zero-order valence-corrected chi connectivity index (χ0v) is 19.4. The van der Waals surface area contributed by atoms with Crippen LogP contribution in [0.2, 0.25) is 0 Å². The van der Waals surface area contributed by atoms with Crippen LogP contribution in [0.5, 0.6) is 11.8 Å². The van der Waals surface area contributed by atoms with Gasteiger partial charge in [0.05, 0.1) is 29.8 Å². The van der Waals surface area contributed by atoms with Crippen molar-refractivity contribution in [3.8, 4) is 24.1 Å². The maximum atomic E-state index is 14.5. The van der Waals surface area contributed by atoms with Crippen molar-refractivity contribution in [2.45, 2.75) is 43.1 Å². The summed E-state index contributed by atoms with van der Waals surface area (Å²) in [5.74, 6) is 2.65. The molecular weight excluding hydrogens is 445 g/mol. The molecule has 1 unspecified atom stereocenters. The smallest absolute Gasteiger partial charge is 0.233 e. The van der Waals surface area contributed by atoms with Crippen molar-refractivity contribution in [1.82, 2.24) is 15.0 Å². The summed E-state index contributed by atoms with van der Waals surface area (Å²) in [5, 5.41) is 0.335. The third-order valence-electron chi connectivity index (χ3n) is 6.17. The largest absolute Gasteiger partial charge is 0.481 e. The number of ketones is 1. The predicted octanol–water partition coefficient (Wildman–Crippen LogP) is 2.71. The number of Topliss-reactive ketones (excluding diaryl/α,β-unsaturated/α-hetero) is 1. The number of fused-ring (bicyclic) bond motifs is 1. The normalized spacial score (nSPS) is 26.4. The third-order valence-corrected chi connectivity index (χ3v) is 7.63. The summed E-state index contributed by atoms with van der Waals surface area (Å²) in [7, 11) is 1.52. The Bertz CT molecular complexity index is 1150. The van der Waals surface area contributed by atoms with Crippen molar-refractivity contribution in [2.75, 3.05) is 13.7 Å². The minimum Gasteiger partial charge on any atom is -0.481 e. The number of pyridine rings is 1. The quantitative estimate of drug-likeness (QED) is 0.464. The van der Waals surface area contributed by atoms with Crippen molar-refractivity contribution in [1.29, 1.82) is 0 Å². The lowest BCUT2D eigenvalue weighted by Crippen LogP contribution is -2.39. The fourth-order valence-corrected chi connectivity index (χ4v) is 5.79. The maximum absolute atomic E-state index is 14.5. The van der Waals surface area contributed by atoms with Crippen LogP contribution in [0.4, 0.5) is 4.39 Å². The molecule has 0 spiro atoms. The predicted molar refractivity (Wildman–Crippen MR) is 123 cm³/mol. The molecule has 2 aromatic heterocycles. The van der Waals surface area contributed by atoms with E-state index < -0.39 is 16.5 Å². The van der Waals surface area contributed by atoms with Crippen molar-refractivity contribution >= 4 is 22.7 Å². The molecule has 1 saturated carbocycles. The summed E-state index contributed by atoms with van der Waals surface area (Å²) in [6.45, 7) is 3.54. The molecule has 1 aliphatic heterocycles. The Morgan fingerprint density at radius 3 is 2.82 bits per heavy atom. The highest BCUT2D eigenvalue weighted by Gasteiger charge is 2.69. The van der Waals surface area contributed by atoms with Crippen molar-refractivity contribution in [3.63, 3.8) is 0 Å². The number of terminal acetylenes is 1. The van der Waals surface area contributed by atoms with E-state index >= 15 is 0 Å². The molecule has 10 heteroatoms. The minimum atomic E-state index is -1.05. The van der Waals surface area contributed by atoms with Crippen LogP contribution in [0.1, 0.15) is 41.9 Å². The number of rotatable bonds is 8. The van der Waals surface area contributed by atoms with E-state index in [0.29, 0.717) is 28.6 Å². The number of carbonyl (C=O) groups excluding carboxylic acids is 1. The number of hydrogen-bond donors (Lipinski definition) is 1. The summed E-state index contributed by atoms with van der Waals surface area (Å²) in [4.78, 5) is 30.0. The van der Waals surface area contributed by atoms with Gasteiger partial charge in [-0.1, -0.05) is 17.7 Å². The molecule has 2 aromatic rings. The Kier molecular flexibility index (Phi) is 6.01.